The summed E-state index contributed by atoms with van der Waals surface area (Å²) in [6.45, 7) is 4.87. The third-order valence-electron chi connectivity index (χ3n) is 4.42. The van der Waals surface area contributed by atoms with E-state index in [2.05, 4.69) is 34.5 Å². The van der Waals surface area contributed by atoms with E-state index in [9.17, 15) is 8.42 Å². The monoisotopic (exact) mass is 345 g/mol. The lowest BCUT2D eigenvalue weighted by molar-refractivity contribution is 0.328. The van der Waals surface area contributed by atoms with Crippen LogP contribution in [-0.2, 0) is 16.6 Å². The van der Waals surface area contributed by atoms with Crippen molar-refractivity contribution in [3.63, 3.8) is 0 Å². The zero-order valence-electron chi connectivity index (χ0n) is 13.8. The summed E-state index contributed by atoms with van der Waals surface area (Å²) in [6, 6.07) is 15.7. The Kier molecular flexibility index (Phi) is 4.89. The van der Waals surface area contributed by atoms with E-state index in [1.807, 2.05) is 13.0 Å². The van der Waals surface area contributed by atoms with E-state index in [-0.39, 0.29) is 4.90 Å². The lowest BCUT2D eigenvalue weighted by Crippen LogP contribution is -2.26. The quantitative estimate of drug-likeness (QED) is 0.872. The highest BCUT2D eigenvalue weighted by Gasteiger charge is 2.23. The molecule has 2 aromatic carbocycles. The fourth-order valence-corrected chi connectivity index (χ4v) is 3.63. The number of hydrogen-bond donors (Lipinski definition) is 2. The molecule has 0 saturated carbocycles. The topological polar surface area (TPSA) is 75.4 Å². The van der Waals surface area contributed by atoms with Gasteiger partial charge in [0.1, 0.15) is 0 Å². The molecule has 3 rings (SSSR count). The molecule has 1 fully saturated rings. The van der Waals surface area contributed by atoms with Crippen molar-refractivity contribution < 1.29 is 8.42 Å². The number of likely N-dealkylation sites (tertiary alicyclic amines) is 1. The van der Waals surface area contributed by atoms with Crippen LogP contribution in [0.2, 0.25) is 0 Å². The largest absolute Gasteiger partial charge is 0.381 e. The van der Waals surface area contributed by atoms with Gasteiger partial charge >= 0.3 is 0 Å². The van der Waals surface area contributed by atoms with Gasteiger partial charge in [-0.2, -0.15) is 0 Å². The smallest absolute Gasteiger partial charge is 0.238 e. The molecule has 3 N–H and O–H groups in total. The van der Waals surface area contributed by atoms with Crippen molar-refractivity contribution in [2.75, 3.05) is 18.4 Å². The minimum atomic E-state index is -3.68. The van der Waals surface area contributed by atoms with Crippen LogP contribution in [0.25, 0.3) is 0 Å². The predicted molar refractivity (Wildman–Crippen MR) is 96.3 cm³/mol. The maximum atomic E-state index is 11.5. The molecular weight excluding hydrogens is 322 g/mol. The Morgan fingerprint density at radius 3 is 2.67 bits per heavy atom. The van der Waals surface area contributed by atoms with Gasteiger partial charge in [-0.15, -0.1) is 0 Å². The average Bonchev–Trinajstić information content (AvgIpc) is 2.96. The summed E-state index contributed by atoms with van der Waals surface area (Å²) in [7, 11) is -3.68. The Morgan fingerprint density at radius 2 is 1.96 bits per heavy atom. The van der Waals surface area contributed by atoms with Gasteiger partial charge < -0.3 is 5.32 Å². The number of anilines is 1. The van der Waals surface area contributed by atoms with Gasteiger partial charge in [-0.3, -0.25) is 4.90 Å². The standard InChI is InChI=1S/C18H23N3O2S/c1-14-7-8-17(24(19,22)23)11-18(14)20-16-9-10-21(13-16)12-15-5-3-2-4-6-15/h2-8,11,16,20H,9-10,12-13H2,1H3,(H2,19,22,23). The molecule has 0 amide bonds. The van der Waals surface area contributed by atoms with Gasteiger partial charge in [-0.1, -0.05) is 36.4 Å². The van der Waals surface area contributed by atoms with Gasteiger partial charge in [0.15, 0.2) is 0 Å². The minimum absolute atomic E-state index is 0.148. The molecule has 0 radical (unpaired) electrons. The van der Waals surface area contributed by atoms with E-state index in [0.29, 0.717) is 6.04 Å². The molecule has 6 heteroatoms. The summed E-state index contributed by atoms with van der Waals surface area (Å²) < 4.78 is 23.1. The third-order valence-corrected chi connectivity index (χ3v) is 5.33. The fraction of sp³-hybridized carbons (Fsp3) is 0.333. The van der Waals surface area contributed by atoms with Crippen LogP contribution >= 0.6 is 0 Å². The molecule has 0 spiro atoms. The number of rotatable bonds is 5. The van der Waals surface area contributed by atoms with Gasteiger partial charge in [0.25, 0.3) is 0 Å². The Bertz CT molecular complexity index is 806. The van der Waals surface area contributed by atoms with Gasteiger partial charge in [-0.05, 0) is 36.6 Å². The second-order valence-electron chi connectivity index (χ2n) is 6.37. The summed E-state index contributed by atoms with van der Waals surface area (Å²) in [5.41, 5.74) is 3.17. The van der Waals surface area contributed by atoms with Crippen molar-refractivity contribution in [3.05, 3.63) is 59.7 Å². The third kappa shape index (κ3) is 4.14. The van der Waals surface area contributed by atoms with Crippen molar-refractivity contribution in [2.45, 2.75) is 30.8 Å². The molecular formula is C18H23N3O2S. The molecule has 1 unspecified atom stereocenters. The molecule has 2 aromatic rings. The Hall–Kier alpha value is -1.89. The molecule has 1 aliphatic rings. The minimum Gasteiger partial charge on any atom is -0.381 e. The van der Waals surface area contributed by atoms with Crippen LogP contribution < -0.4 is 10.5 Å². The summed E-state index contributed by atoms with van der Waals surface area (Å²) in [5.74, 6) is 0. The second-order valence-corrected chi connectivity index (χ2v) is 7.93. The first-order valence-electron chi connectivity index (χ1n) is 8.08. The number of nitrogens with two attached hydrogens (primary N) is 1. The van der Waals surface area contributed by atoms with E-state index in [1.165, 1.54) is 5.56 Å². The first kappa shape index (κ1) is 17.0. The number of nitrogens with zero attached hydrogens (tertiary/aromatic N) is 1. The zero-order valence-corrected chi connectivity index (χ0v) is 14.6. The normalized spacial score (nSPS) is 18.7. The fourth-order valence-electron chi connectivity index (χ4n) is 3.09. The van der Waals surface area contributed by atoms with Gasteiger partial charge in [0, 0.05) is 31.4 Å². The van der Waals surface area contributed by atoms with Crippen LogP contribution in [0.15, 0.2) is 53.4 Å². The zero-order chi connectivity index (χ0) is 17.2. The van der Waals surface area contributed by atoms with Crippen LogP contribution in [-0.4, -0.2) is 32.4 Å². The van der Waals surface area contributed by atoms with E-state index in [0.717, 1.165) is 37.3 Å². The van der Waals surface area contributed by atoms with E-state index < -0.39 is 10.0 Å². The number of primary sulfonamides is 1. The number of sulfonamides is 1. The molecule has 1 saturated heterocycles. The van der Waals surface area contributed by atoms with Crippen molar-refractivity contribution >= 4 is 15.7 Å². The molecule has 0 bridgehead atoms. The molecule has 0 aromatic heterocycles. The van der Waals surface area contributed by atoms with Crippen LogP contribution in [0.3, 0.4) is 0 Å². The molecule has 5 nitrogen and oxygen atoms in total. The summed E-state index contributed by atoms with van der Waals surface area (Å²) in [6.07, 6.45) is 1.03. The Balaban J connectivity index is 1.65. The van der Waals surface area contributed by atoms with E-state index in [1.54, 1.807) is 18.2 Å². The maximum Gasteiger partial charge on any atom is 0.238 e. The van der Waals surface area contributed by atoms with Crippen molar-refractivity contribution in [2.24, 2.45) is 5.14 Å². The highest BCUT2D eigenvalue weighted by molar-refractivity contribution is 7.89. The van der Waals surface area contributed by atoms with Crippen LogP contribution in [0, 0.1) is 6.92 Å². The number of benzene rings is 2. The maximum absolute atomic E-state index is 11.5. The van der Waals surface area contributed by atoms with Crippen LogP contribution in [0.4, 0.5) is 5.69 Å². The molecule has 1 aliphatic heterocycles. The van der Waals surface area contributed by atoms with Crippen LogP contribution in [0.5, 0.6) is 0 Å². The van der Waals surface area contributed by atoms with Crippen LogP contribution in [0.1, 0.15) is 17.5 Å². The van der Waals surface area contributed by atoms with Crippen molar-refractivity contribution in [3.8, 4) is 0 Å². The van der Waals surface area contributed by atoms with Gasteiger partial charge in [-0.25, -0.2) is 13.6 Å². The molecule has 1 heterocycles. The summed E-state index contributed by atoms with van der Waals surface area (Å²) >= 11 is 0. The Morgan fingerprint density at radius 1 is 1.21 bits per heavy atom. The van der Waals surface area contributed by atoms with Crippen molar-refractivity contribution in [1.82, 2.24) is 4.90 Å². The van der Waals surface area contributed by atoms with E-state index in [4.69, 9.17) is 5.14 Å². The number of nitrogens with one attached hydrogen (secondary N) is 1. The Labute approximate surface area is 143 Å². The first-order chi connectivity index (χ1) is 11.4. The SMILES string of the molecule is Cc1ccc(S(N)(=O)=O)cc1NC1CCN(Cc2ccccc2)C1. The lowest BCUT2D eigenvalue weighted by Gasteiger charge is -2.19. The molecule has 0 aliphatic carbocycles. The van der Waals surface area contributed by atoms with Gasteiger partial charge in [0.05, 0.1) is 4.90 Å². The van der Waals surface area contributed by atoms with E-state index >= 15 is 0 Å². The highest BCUT2D eigenvalue weighted by Crippen LogP contribution is 2.23. The summed E-state index contributed by atoms with van der Waals surface area (Å²) in [4.78, 5) is 2.56. The van der Waals surface area contributed by atoms with Gasteiger partial charge in [0.2, 0.25) is 10.0 Å². The first-order valence-corrected chi connectivity index (χ1v) is 9.63. The number of hydrogen-bond acceptors (Lipinski definition) is 4. The molecule has 1 atom stereocenters. The predicted octanol–water partition coefficient (Wildman–Crippen LogP) is 2.33. The lowest BCUT2D eigenvalue weighted by atomic mass is 10.1. The molecule has 24 heavy (non-hydrogen) atoms. The average molecular weight is 345 g/mol. The highest BCUT2D eigenvalue weighted by atomic mass is 32.2. The van der Waals surface area contributed by atoms with Crippen molar-refractivity contribution in [1.29, 1.82) is 0 Å². The molecule has 128 valence electrons. The summed E-state index contributed by atoms with van der Waals surface area (Å²) in [5, 5.41) is 8.70. The second kappa shape index (κ2) is 6.93. The number of aryl methyl sites for hydroxylation is 1.